The van der Waals surface area contributed by atoms with E-state index in [0.717, 1.165) is 17.7 Å². The van der Waals surface area contributed by atoms with Crippen molar-refractivity contribution >= 4 is 23.4 Å². The zero-order valence-electron chi connectivity index (χ0n) is 18.9. The molecule has 3 aromatic heterocycles. The summed E-state index contributed by atoms with van der Waals surface area (Å²) in [7, 11) is 1.83. The highest BCUT2D eigenvalue weighted by atomic mass is 16.7. The number of benzene rings is 1. The van der Waals surface area contributed by atoms with Crippen LogP contribution in [0.15, 0.2) is 73.4 Å². The van der Waals surface area contributed by atoms with Crippen molar-refractivity contribution in [1.82, 2.24) is 29.8 Å². The SMILES string of the molecule is Cn1cc(Nc2ncc(C#Cc3cc(NC(=O)N4OCC[C@H]4c4ccccc4)ccn3)cn2)cn1. The first-order valence-corrected chi connectivity index (χ1v) is 11.0. The van der Waals surface area contributed by atoms with Crippen molar-refractivity contribution in [3.63, 3.8) is 0 Å². The number of amides is 2. The normalized spacial score (nSPS) is 14.8. The lowest BCUT2D eigenvalue weighted by atomic mass is 10.1. The molecule has 10 heteroatoms. The van der Waals surface area contributed by atoms with Gasteiger partial charge in [-0.15, -0.1) is 0 Å². The van der Waals surface area contributed by atoms with Crippen molar-refractivity contribution in [3.05, 3.63) is 90.3 Å². The Bertz CT molecular complexity index is 1380. The Morgan fingerprint density at radius 2 is 1.89 bits per heavy atom. The summed E-state index contributed by atoms with van der Waals surface area (Å²) in [5.74, 6) is 6.42. The maximum Gasteiger partial charge on any atom is 0.346 e. The van der Waals surface area contributed by atoms with Crippen LogP contribution in [0.2, 0.25) is 0 Å². The zero-order chi connectivity index (χ0) is 24.0. The lowest BCUT2D eigenvalue weighted by Gasteiger charge is -2.23. The monoisotopic (exact) mass is 466 g/mol. The number of aromatic nitrogens is 5. The molecule has 1 aliphatic rings. The Kier molecular flexibility index (Phi) is 6.32. The first-order chi connectivity index (χ1) is 17.1. The van der Waals surface area contributed by atoms with E-state index in [0.29, 0.717) is 29.5 Å². The molecule has 4 heterocycles. The van der Waals surface area contributed by atoms with Crippen molar-refractivity contribution in [1.29, 1.82) is 0 Å². The Labute approximate surface area is 202 Å². The number of pyridine rings is 1. The minimum atomic E-state index is -0.341. The van der Waals surface area contributed by atoms with Gasteiger partial charge in [0.05, 0.1) is 30.1 Å². The van der Waals surface area contributed by atoms with Crippen LogP contribution >= 0.6 is 0 Å². The van der Waals surface area contributed by atoms with E-state index in [1.165, 1.54) is 5.06 Å². The van der Waals surface area contributed by atoms with Crippen LogP contribution in [-0.4, -0.2) is 42.4 Å². The van der Waals surface area contributed by atoms with Crippen molar-refractivity contribution < 1.29 is 9.63 Å². The summed E-state index contributed by atoms with van der Waals surface area (Å²) in [6.45, 7) is 0.485. The Morgan fingerprint density at radius 1 is 1.06 bits per heavy atom. The van der Waals surface area contributed by atoms with Gasteiger partial charge in [-0.1, -0.05) is 36.3 Å². The topological polar surface area (TPSA) is 110 Å². The van der Waals surface area contributed by atoms with Crippen LogP contribution in [0, 0.1) is 11.8 Å². The average molecular weight is 467 g/mol. The quantitative estimate of drug-likeness (QED) is 0.442. The lowest BCUT2D eigenvalue weighted by Crippen LogP contribution is -2.33. The maximum absolute atomic E-state index is 12.9. The molecule has 2 N–H and O–H groups in total. The predicted molar refractivity (Wildman–Crippen MR) is 129 cm³/mol. The van der Waals surface area contributed by atoms with Crippen LogP contribution in [0.25, 0.3) is 0 Å². The Morgan fingerprint density at radius 3 is 2.66 bits per heavy atom. The molecule has 1 saturated heterocycles. The molecule has 5 rings (SSSR count). The molecule has 174 valence electrons. The van der Waals surface area contributed by atoms with Gasteiger partial charge in [0, 0.05) is 43.9 Å². The Balaban J connectivity index is 1.23. The maximum atomic E-state index is 12.9. The van der Waals surface area contributed by atoms with Crippen molar-refractivity contribution in [2.75, 3.05) is 17.2 Å². The van der Waals surface area contributed by atoms with Gasteiger partial charge in [-0.3, -0.25) is 9.52 Å². The molecular weight excluding hydrogens is 444 g/mol. The second kappa shape index (κ2) is 10.0. The van der Waals surface area contributed by atoms with Gasteiger partial charge >= 0.3 is 6.03 Å². The summed E-state index contributed by atoms with van der Waals surface area (Å²) in [6, 6.07) is 12.8. The van der Waals surface area contributed by atoms with Crippen molar-refractivity contribution in [2.24, 2.45) is 7.05 Å². The van der Waals surface area contributed by atoms with Gasteiger partial charge in [-0.25, -0.2) is 19.7 Å². The molecule has 1 aliphatic heterocycles. The summed E-state index contributed by atoms with van der Waals surface area (Å²) in [5.41, 5.74) is 3.54. The molecule has 0 spiro atoms. The van der Waals surface area contributed by atoms with Gasteiger partial charge in [-0.2, -0.15) is 10.2 Å². The number of anilines is 3. The van der Waals surface area contributed by atoms with E-state index in [-0.39, 0.29) is 12.1 Å². The van der Waals surface area contributed by atoms with E-state index in [9.17, 15) is 4.79 Å². The highest BCUT2D eigenvalue weighted by Crippen LogP contribution is 2.30. The minimum absolute atomic E-state index is 0.132. The van der Waals surface area contributed by atoms with Gasteiger partial charge in [-0.05, 0) is 23.6 Å². The predicted octanol–water partition coefficient (Wildman–Crippen LogP) is 3.66. The number of aryl methyl sites for hydroxylation is 1. The summed E-state index contributed by atoms with van der Waals surface area (Å²) >= 11 is 0. The van der Waals surface area contributed by atoms with Crippen LogP contribution in [0.1, 0.15) is 29.3 Å². The second-order valence-corrected chi connectivity index (χ2v) is 7.81. The molecular formula is C25H22N8O2. The molecule has 0 radical (unpaired) electrons. The van der Waals surface area contributed by atoms with Gasteiger partial charge < -0.3 is 10.6 Å². The van der Waals surface area contributed by atoms with E-state index in [1.807, 2.05) is 43.6 Å². The number of hydrogen-bond acceptors (Lipinski definition) is 7. The van der Waals surface area contributed by atoms with Gasteiger partial charge in [0.25, 0.3) is 0 Å². The molecule has 0 unspecified atom stereocenters. The molecule has 4 aromatic rings. The van der Waals surface area contributed by atoms with Crippen LogP contribution in [-0.2, 0) is 11.9 Å². The summed E-state index contributed by atoms with van der Waals surface area (Å²) < 4.78 is 1.69. The van der Waals surface area contributed by atoms with Crippen LogP contribution in [0.4, 0.5) is 22.1 Å². The third-order valence-corrected chi connectivity index (χ3v) is 5.25. The summed E-state index contributed by atoms with van der Waals surface area (Å²) in [5, 5.41) is 11.4. The van der Waals surface area contributed by atoms with Gasteiger partial charge in [0.1, 0.15) is 5.69 Å². The fraction of sp³-hybridized carbons (Fsp3) is 0.160. The molecule has 1 aromatic carbocycles. The number of urea groups is 1. The van der Waals surface area contributed by atoms with E-state index in [4.69, 9.17) is 4.84 Å². The van der Waals surface area contributed by atoms with Crippen molar-refractivity contribution in [2.45, 2.75) is 12.5 Å². The van der Waals surface area contributed by atoms with Gasteiger partial charge in [0.15, 0.2) is 0 Å². The minimum Gasteiger partial charge on any atom is -0.321 e. The van der Waals surface area contributed by atoms with Crippen molar-refractivity contribution in [3.8, 4) is 11.8 Å². The number of hydrogen-bond donors (Lipinski definition) is 2. The lowest BCUT2D eigenvalue weighted by molar-refractivity contribution is -0.0829. The molecule has 1 atom stereocenters. The van der Waals surface area contributed by atoms with Crippen LogP contribution in [0.3, 0.4) is 0 Å². The number of carbonyl (C=O) groups is 1. The number of rotatable bonds is 4. The van der Waals surface area contributed by atoms with Gasteiger partial charge in [0.2, 0.25) is 5.95 Å². The Hall–Kier alpha value is -4.75. The molecule has 35 heavy (non-hydrogen) atoms. The fourth-order valence-corrected chi connectivity index (χ4v) is 3.61. The molecule has 1 fully saturated rings. The molecule has 0 saturated carbocycles. The van der Waals surface area contributed by atoms with E-state index >= 15 is 0 Å². The highest BCUT2D eigenvalue weighted by molar-refractivity contribution is 5.89. The number of hydroxylamine groups is 2. The van der Waals surface area contributed by atoms with Crippen LogP contribution < -0.4 is 10.6 Å². The van der Waals surface area contributed by atoms with E-state index in [1.54, 1.807) is 41.6 Å². The van der Waals surface area contributed by atoms with E-state index in [2.05, 4.69) is 42.5 Å². The number of nitrogens with zero attached hydrogens (tertiary/aromatic N) is 6. The highest BCUT2D eigenvalue weighted by Gasteiger charge is 2.31. The zero-order valence-corrected chi connectivity index (χ0v) is 18.9. The third-order valence-electron chi connectivity index (χ3n) is 5.25. The standard InChI is InChI=1S/C25H22N8O2/c1-32-17-22(16-29-32)30-24-27-14-18(15-28-24)7-8-20-13-21(9-11-26-20)31-25(34)33-23(10-12-35-33)19-5-3-2-4-6-19/h2-6,9,11,13-17,23H,10,12H2,1H3,(H,26,31,34)(H,27,28,30)/t23-/m0/s1. The number of nitrogens with one attached hydrogen (secondary N) is 2. The summed E-state index contributed by atoms with van der Waals surface area (Å²) in [4.78, 5) is 31.3. The van der Waals surface area contributed by atoms with Crippen LogP contribution in [0.5, 0.6) is 0 Å². The third kappa shape index (κ3) is 5.43. The molecule has 0 bridgehead atoms. The summed E-state index contributed by atoms with van der Waals surface area (Å²) in [6.07, 6.45) is 9.09. The average Bonchev–Trinajstić information content (AvgIpc) is 3.54. The van der Waals surface area contributed by atoms with E-state index < -0.39 is 0 Å². The molecule has 2 amide bonds. The molecule has 0 aliphatic carbocycles. The second-order valence-electron chi connectivity index (χ2n) is 7.81. The molecule has 10 nitrogen and oxygen atoms in total. The fourth-order valence-electron chi connectivity index (χ4n) is 3.61. The first-order valence-electron chi connectivity index (χ1n) is 11.0. The largest absolute Gasteiger partial charge is 0.346 e. The number of carbonyl (C=O) groups excluding carboxylic acids is 1. The smallest absolute Gasteiger partial charge is 0.321 e. The first kappa shape index (κ1) is 22.1.